The van der Waals surface area contributed by atoms with Gasteiger partial charge in [0.25, 0.3) is 0 Å². The highest BCUT2D eigenvalue weighted by Gasteiger charge is 2.05. The Morgan fingerprint density at radius 2 is 1.83 bits per heavy atom. The van der Waals surface area contributed by atoms with Gasteiger partial charge in [0.1, 0.15) is 5.75 Å². The molecule has 0 saturated carbocycles. The van der Waals surface area contributed by atoms with Crippen molar-refractivity contribution in [1.82, 2.24) is 20.2 Å². The van der Waals surface area contributed by atoms with Gasteiger partial charge in [-0.2, -0.15) is 0 Å². The van der Waals surface area contributed by atoms with Crippen molar-refractivity contribution in [3.8, 4) is 11.4 Å². The van der Waals surface area contributed by atoms with E-state index in [0.717, 1.165) is 42.5 Å². The van der Waals surface area contributed by atoms with E-state index in [9.17, 15) is 0 Å². The van der Waals surface area contributed by atoms with Crippen molar-refractivity contribution in [2.75, 3.05) is 20.2 Å². The number of hydrogen-bond donors (Lipinski definition) is 2. The van der Waals surface area contributed by atoms with Crippen LogP contribution in [-0.4, -0.2) is 35.7 Å². The summed E-state index contributed by atoms with van der Waals surface area (Å²) in [5.74, 6) is 1.72. The van der Waals surface area contributed by atoms with Gasteiger partial charge in [0, 0.05) is 25.5 Å². The van der Waals surface area contributed by atoms with Crippen LogP contribution in [0.4, 0.5) is 0 Å². The SMILES string of the molecule is CCNC(=NCc1ccccc1-n1ccnc1)NCCc1ccccc1OC.I. The summed E-state index contributed by atoms with van der Waals surface area (Å²) in [5, 5.41) is 6.72. The highest BCUT2D eigenvalue weighted by Crippen LogP contribution is 2.17. The van der Waals surface area contributed by atoms with Gasteiger partial charge >= 0.3 is 0 Å². The Kier molecular flexibility index (Phi) is 9.49. The summed E-state index contributed by atoms with van der Waals surface area (Å²) in [7, 11) is 1.70. The van der Waals surface area contributed by atoms with E-state index in [1.165, 1.54) is 5.56 Å². The van der Waals surface area contributed by atoms with Gasteiger partial charge in [0.2, 0.25) is 0 Å². The molecule has 3 aromatic rings. The average Bonchev–Trinajstić information content (AvgIpc) is 3.27. The van der Waals surface area contributed by atoms with Crippen molar-refractivity contribution in [3.63, 3.8) is 0 Å². The fraction of sp³-hybridized carbons (Fsp3) is 0.273. The Morgan fingerprint density at radius 3 is 2.55 bits per heavy atom. The molecule has 0 radical (unpaired) electrons. The fourth-order valence-corrected chi connectivity index (χ4v) is 3.03. The lowest BCUT2D eigenvalue weighted by molar-refractivity contribution is 0.409. The third-order valence-electron chi connectivity index (χ3n) is 4.41. The van der Waals surface area contributed by atoms with Crippen LogP contribution in [0, 0.1) is 0 Å². The number of rotatable bonds is 8. The van der Waals surface area contributed by atoms with Gasteiger partial charge in [-0.15, -0.1) is 24.0 Å². The Labute approximate surface area is 189 Å². The number of halogens is 1. The van der Waals surface area contributed by atoms with Crippen molar-refractivity contribution in [2.24, 2.45) is 4.99 Å². The number of nitrogens with zero attached hydrogens (tertiary/aromatic N) is 3. The molecule has 29 heavy (non-hydrogen) atoms. The number of imidazole rings is 1. The Balaban J connectivity index is 0.00000300. The van der Waals surface area contributed by atoms with Crippen LogP contribution < -0.4 is 15.4 Å². The number of ether oxygens (including phenoxy) is 1. The molecule has 0 amide bonds. The molecule has 0 saturated heterocycles. The number of aliphatic imine (C=N–C) groups is 1. The minimum Gasteiger partial charge on any atom is -0.496 e. The second-order valence-corrected chi connectivity index (χ2v) is 6.28. The number of guanidine groups is 1. The summed E-state index contributed by atoms with van der Waals surface area (Å²) in [4.78, 5) is 8.90. The fourth-order valence-electron chi connectivity index (χ4n) is 3.03. The Morgan fingerprint density at radius 1 is 1.07 bits per heavy atom. The number of para-hydroxylation sites is 2. The minimum atomic E-state index is 0. The van der Waals surface area contributed by atoms with Crippen LogP contribution >= 0.6 is 24.0 Å². The minimum absolute atomic E-state index is 0. The maximum atomic E-state index is 5.42. The topological polar surface area (TPSA) is 63.5 Å². The van der Waals surface area contributed by atoms with Crippen LogP contribution in [0.25, 0.3) is 5.69 Å². The summed E-state index contributed by atoms with van der Waals surface area (Å²) in [6, 6.07) is 16.3. The Bertz CT molecular complexity index is 896. The first-order chi connectivity index (χ1) is 13.8. The third kappa shape index (κ3) is 6.49. The molecule has 0 fully saturated rings. The molecular formula is C22H28IN5O. The predicted molar refractivity (Wildman–Crippen MR) is 128 cm³/mol. The summed E-state index contributed by atoms with van der Waals surface area (Å²) in [5.41, 5.74) is 3.41. The number of nitrogens with one attached hydrogen (secondary N) is 2. The van der Waals surface area contributed by atoms with Gasteiger partial charge in [-0.05, 0) is 36.6 Å². The molecule has 1 heterocycles. The monoisotopic (exact) mass is 505 g/mol. The van der Waals surface area contributed by atoms with E-state index in [1.54, 1.807) is 19.6 Å². The zero-order chi connectivity index (χ0) is 19.6. The van der Waals surface area contributed by atoms with Crippen LogP contribution in [0.5, 0.6) is 5.75 Å². The largest absolute Gasteiger partial charge is 0.496 e. The van der Waals surface area contributed by atoms with E-state index in [1.807, 2.05) is 41.1 Å². The summed E-state index contributed by atoms with van der Waals surface area (Å²) in [6.07, 6.45) is 6.39. The number of hydrogen-bond acceptors (Lipinski definition) is 3. The molecule has 3 rings (SSSR count). The maximum Gasteiger partial charge on any atom is 0.191 e. The highest BCUT2D eigenvalue weighted by molar-refractivity contribution is 14.0. The molecule has 2 aromatic carbocycles. The zero-order valence-electron chi connectivity index (χ0n) is 16.8. The molecule has 154 valence electrons. The van der Waals surface area contributed by atoms with Gasteiger partial charge in [-0.1, -0.05) is 36.4 Å². The molecular weight excluding hydrogens is 477 g/mol. The molecule has 0 unspecified atom stereocenters. The van der Waals surface area contributed by atoms with E-state index in [0.29, 0.717) is 6.54 Å². The first-order valence-electron chi connectivity index (χ1n) is 9.52. The molecule has 6 nitrogen and oxygen atoms in total. The molecule has 0 bridgehead atoms. The lowest BCUT2D eigenvalue weighted by Gasteiger charge is -2.13. The van der Waals surface area contributed by atoms with Crippen LogP contribution in [0.1, 0.15) is 18.1 Å². The van der Waals surface area contributed by atoms with Gasteiger partial charge in [0.15, 0.2) is 5.96 Å². The predicted octanol–water partition coefficient (Wildman–Crippen LogP) is 3.80. The van der Waals surface area contributed by atoms with Gasteiger partial charge in [-0.25, -0.2) is 9.98 Å². The molecule has 0 aliphatic heterocycles. The third-order valence-corrected chi connectivity index (χ3v) is 4.41. The maximum absolute atomic E-state index is 5.42. The van der Waals surface area contributed by atoms with Gasteiger partial charge in [-0.3, -0.25) is 0 Å². The van der Waals surface area contributed by atoms with Crippen molar-refractivity contribution < 1.29 is 4.74 Å². The van der Waals surface area contributed by atoms with Gasteiger partial charge in [0.05, 0.1) is 25.7 Å². The highest BCUT2D eigenvalue weighted by atomic mass is 127. The first-order valence-corrected chi connectivity index (χ1v) is 9.52. The van der Waals surface area contributed by atoms with E-state index >= 15 is 0 Å². The van der Waals surface area contributed by atoms with Crippen LogP contribution in [-0.2, 0) is 13.0 Å². The van der Waals surface area contributed by atoms with Crippen molar-refractivity contribution >= 4 is 29.9 Å². The summed E-state index contributed by atoms with van der Waals surface area (Å²) in [6.45, 7) is 4.23. The van der Waals surface area contributed by atoms with Crippen LogP contribution in [0.2, 0.25) is 0 Å². The molecule has 0 aliphatic rings. The van der Waals surface area contributed by atoms with Crippen LogP contribution in [0.3, 0.4) is 0 Å². The molecule has 7 heteroatoms. The second kappa shape index (κ2) is 12.1. The number of methoxy groups -OCH3 is 1. The molecule has 0 spiro atoms. The lowest BCUT2D eigenvalue weighted by atomic mass is 10.1. The van der Waals surface area contributed by atoms with E-state index in [-0.39, 0.29) is 24.0 Å². The zero-order valence-corrected chi connectivity index (χ0v) is 19.2. The standard InChI is InChI=1S/C22H27N5O.HI/c1-3-24-22(25-13-12-18-8-5-7-11-21(18)28-2)26-16-19-9-4-6-10-20(19)27-15-14-23-17-27;/h4-11,14-15,17H,3,12-13,16H2,1-2H3,(H2,24,25,26);1H. The molecule has 1 aromatic heterocycles. The van der Waals surface area contributed by atoms with Crippen molar-refractivity contribution in [2.45, 2.75) is 19.9 Å². The lowest BCUT2D eigenvalue weighted by Crippen LogP contribution is -2.38. The normalized spacial score (nSPS) is 10.9. The smallest absolute Gasteiger partial charge is 0.191 e. The summed E-state index contributed by atoms with van der Waals surface area (Å²) >= 11 is 0. The van der Waals surface area contributed by atoms with Crippen molar-refractivity contribution in [3.05, 3.63) is 78.4 Å². The quantitative estimate of drug-likeness (QED) is 0.278. The van der Waals surface area contributed by atoms with E-state index in [2.05, 4.69) is 40.7 Å². The van der Waals surface area contributed by atoms with Crippen LogP contribution in [0.15, 0.2) is 72.2 Å². The number of benzene rings is 2. The molecule has 0 atom stereocenters. The van der Waals surface area contributed by atoms with Crippen molar-refractivity contribution in [1.29, 1.82) is 0 Å². The van der Waals surface area contributed by atoms with Gasteiger partial charge < -0.3 is 19.9 Å². The second-order valence-electron chi connectivity index (χ2n) is 6.28. The summed E-state index contributed by atoms with van der Waals surface area (Å²) < 4.78 is 7.43. The molecule has 2 N–H and O–H groups in total. The first kappa shape index (κ1) is 22.7. The molecule has 0 aliphatic carbocycles. The van der Waals surface area contributed by atoms with E-state index in [4.69, 9.17) is 9.73 Å². The average molecular weight is 505 g/mol. The Hall–Kier alpha value is -2.55. The number of aromatic nitrogens is 2. The van der Waals surface area contributed by atoms with E-state index < -0.39 is 0 Å².